The molecular formula is C17H10Cl2N4O2. The van der Waals surface area contributed by atoms with Crippen molar-refractivity contribution in [3.05, 3.63) is 73.3 Å². The van der Waals surface area contributed by atoms with Gasteiger partial charge in [0.15, 0.2) is 11.5 Å². The van der Waals surface area contributed by atoms with Gasteiger partial charge in [-0.05, 0) is 30.3 Å². The second-order valence-electron chi connectivity index (χ2n) is 5.47. The second kappa shape index (κ2) is 5.68. The van der Waals surface area contributed by atoms with Gasteiger partial charge in [0.1, 0.15) is 0 Å². The van der Waals surface area contributed by atoms with E-state index in [1.165, 1.54) is 7.05 Å². The summed E-state index contributed by atoms with van der Waals surface area (Å²) in [5, 5.41) is 0.758. The van der Waals surface area contributed by atoms with Gasteiger partial charge in [0, 0.05) is 12.7 Å². The molecule has 0 aromatic heterocycles. The van der Waals surface area contributed by atoms with Crippen LogP contribution in [-0.2, 0) is 7.05 Å². The molecule has 0 N–H and O–H groups in total. The van der Waals surface area contributed by atoms with Gasteiger partial charge in [-0.2, -0.15) is 4.98 Å². The number of para-hydroxylation sites is 2. The lowest BCUT2D eigenvalue weighted by Gasteiger charge is -2.17. The van der Waals surface area contributed by atoms with E-state index in [-0.39, 0.29) is 11.5 Å². The van der Waals surface area contributed by atoms with Crippen molar-refractivity contribution in [2.75, 3.05) is 0 Å². The summed E-state index contributed by atoms with van der Waals surface area (Å²) < 4.78 is 2.62. The van der Waals surface area contributed by atoms with E-state index in [1.54, 1.807) is 28.8 Å². The topological polar surface area (TPSA) is 69.8 Å². The number of nitrogens with zero attached hydrogens (tertiary/aromatic N) is 4. The van der Waals surface area contributed by atoms with Crippen LogP contribution in [0, 0.1) is 0 Å². The van der Waals surface area contributed by atoms with E-state index in [0.717, 1.165) is 4.57 Å². The average molecular weight is 373 g/mol. The first kappa shape index (κ1) is 15.8. The van der Waals surface area contributed by atoms with Crippen LogP contribution >= 0.6 is 23.2 Å². The highest BCUT2D eigenvalue weighted by Gasteiger charge is 2.21. The zero-order chi connectivity index (χ0) is 17.7. The predicted molar refractivity (Wildman–Crippen MR) is 97.0 cm³/mol. The van der Waals surface area contributed by atoms with Crippen molar-refractivity contribution >= 4 is 34.2 Å². The van der Waals surface area contributed by atoms with Crippen molar-refractivity contribution < 1.29 is 0 Å². The highest BCUT2D eigenvalue weighted by Crippen LogP contribution is 2.29. The Morgan fingerprint density at radius 1 is 0.960 bits per heavy atom. The number of hydrogen-bond acceptors (Lipinski definition) is 4. The predicted octanol–water partition coefficient (Wildman–Crippen LogP) is 2.89. The van der Waals surface area contributed by atoms with Gasteiger partial charge >= 0.3 is 5.69 Å². The molecule has 0 atom stereocenters. The molecular weight excluding hydrogens is 363 g/mol. The molecule has 0 amide bonds. The van der Waals surface area contributed by atoms with E-state index >= 15 is 0 Å². The fraction of sp³-hybridized carbons (Fsp3) is 0.0588. The number of halogens is 2. The zero-order valence-electron chi connectivity index (χ0n) is 12.9. The van der Waals surface area contributed by atoms with Crippen molar-refractivity contribution in [2.45, 2.75) is 0 Å². The first-order valence-electron chi connectivity index (χ1n) is 7.31. The van der Waals surface area contributed by atoms with Crippen molar-refractivity contribution in [1.29, 1.82) is 0 Å². The van der Waals surface area contributed by atoms with Crippen molar-refractivity contribution in [3.63, 3.8) is 0 Å². The zero-order valence-corrected chi connectivity index (χ0v) is 14.4. The number of benzene rings is 2. The Hall–Kier alpha value is -2.70. The largest absolute Gasteiger partial charge is 0.352 e. The van der Waals surface area contributed by atoms with Crippen LogP contribution in [0.2, 0.25) is 10.0 Å². The van der Waals surface area contributed by atoms with E-state index in [4.69, 9.17) is 23.2 Å². The van der Waals surface area contributed by atoms with Gasteiger partial charge < -0.3 is 0 Å². The molecule has 124 valence electrons. The Morgan fingerprint density at radius 2 is 1.72 bits per heavy atom. The highest BCUT2D eigenvalue weighted by molar-refractivity contribution is 6.42. The van der Waals surface area contributed by atoms with Crippen LogP contribution in [0.1, 0.15) is 0 Å². The Bertz CT molecular complexity index is 1230. The SMILES string of the molecule is Cn1c(=O)nc2n(-c3ccc(Cl)c(Cl)c3)c3ccccc3nc-2c1=O. The van der Waals surface area contributed by atoms with Gasteiger partial charge in [-0.15, -0.1) is 0 Å². The fourth-order valence-corrected chi connectivity index (χ4v) is 2.97. The minimum atomic E-state index is -0.650. The van der Waals surface area contributed by atoms with Crippen LogP contribution in [0.5, 0.6) is 0 Å². The molecule has 2 aromatic rings. The molecule has 25 heavy (non-hydrogen) atoms. The van der Waals surface area contributed by atoms with Gasteiger partial charge in [0.2, 0.25) is 0 Å². The molecule has 2 aliphatic heterocycles. The van der Waals surface area contributed by atoms with Gasteiger partial charge in [0.05, 0.1) is 21.1 Å². The number of hydrogen-bond donors (Lipinski definition) is 0. The van der Waals surface area contributed by atoms with Crippen molar-refractivity contribution in [3.8, 4) is 17.2 Å². The summed E-state index contributed by atoms with van der Waals surface area (Å²) in [4.78, 5) is 33.0. The lowest BCUT2D eigenvalue weighted by atomic mass is 10.2. The van der Waals surface area contributed by atoms with Crippen molar-refractivity contribution in [2.24, 2.45) is 7.05 Å². The minimum Gasteiger partial charge on any atom is -0.291 e. The number of fused-ring (bicyclic) bond motifs is 2. The summed E-state index contributed by atoms with van der Waals surface area (Å²) in [5.41, 5.74) is 0.857. The summed E-state index contributed by atoms with van der Waals surface area (Å²) in [5.74, 6) is 0.171. The Morgan fingerprint density at radius 3 is 2.48 bits per heavy atom. The molecule has 8 heteroatoms. The van der Waals surface area contributed by atoms with Gasteiger partial charge in [-0.25, -0.2) is 9.78 Å². The third-order valence-electron chi connectivity index (χ3n) is 3.94. The lowest BCUT2D eigenvalue weighted by Crippen LogP contribution is -2.36. The number of aromatic nitrogens is 4. The molecule has 0 unspecified atom stereocenters. The molecule has 0 saturated heterocycles. The maximum atomic E-state index is 12.5. The van der Waals surface area contributed by atoms with Gasteiger partial charge in [-0.1, -0.05) is 35.3 Å². The molecule has 0 fully saturated rings. The normalized spacial score (nSPS) is 11.3. The molecule has 4 rings (SSSR count). The summed E-state index contributed by atoms with van der Waals surface area (Å²) >= 11 is 12.1. The highest BCUT2D eigenvalue weighted by atomic mass is 35.5. The Balaban J connectivity index is 2.25. The molecule has 2 aromatic carbocycles. The summed E-state index contributed by atoms with van der Waals surface area (Å²) in [6.45, 7) is 0. The van der Waals surface area contributed by atoms with E-state index in [1.807, 2.05) is 18.2 Å². The molecule has 0 bridgehead atoms. The Kier molecular flexibility index (Phi) is 3.59. The van der Waals surface area contributed by atoms with E-state index in [2.05, 4.69) is 9.97 Å². The van der Waals surface area contributed by atoms with Crippen LogP contribution in [0.3, 0.4) is 0 Å². The molecule has 0 spiro atoms. The third kappa shape index (κ3) is 2.42. The molecule has 6 nitrogen and oxygen atoms in total. The van der Waals surface area contributed by atoms with Crippen LogP contribution < -0.4 is 11.2 Å². The first-order valence-corrected chi connectivity index (χ1v) is 8.07. The minimum absolute atomic E-state index is 0.104. The van der Waals surface area contributed by atoms with E-state index in [9.17, 15) is 9.59 Å². The third-order valence-corrected chi connectivity index (χ3v) is 4.67. The number of rotatable bonds is 1. The van der Waals surface area contributed by atoms with Crippen LogP contribution in [0.15, 0.2) is 52.1 Å². The first-order chi connectivity index (χ1) is 12.0. The van der Waals surface area contributed by atoms with Crippen LogP contribution in [0.4, 0.5) is 0 Å². The van der Waals surface area contributed by atoms with E-state index in [0.29, 0.717) is 26.8 Å². The van der Waals surface area contributed by atoms with Crippen molar-refractivity contribution in [1.82, 2.24) is 19.1 Å². The lowest BCUT2D eigenvalue weighted by molar-refractivity contribution is 0.759. The average Bonchev–Trinajstić information content (AvgIpc) is 2.61. The van der Waals surface area contributed by atoms with Gasteiger partial charge in [0.25, 0.3) is 5.56 Å². The summed E-state index contributed by atoms with van der Waals surface area (Å²) in [6.07, 6.45) is 0. The summed E-state index contributed by atoms with van der Waals surface area (Å²) in [6, 6.07) is 12.3. The second-order valence-corrected chi connectivity index (χ2v) is 6.28. The summed E-state index contributed by atoms with van der Waals surface area (Å²) in [7, 11) is 1.37. The maximum Gasteiger partial charge on any atom is 0.352 e. The van der Waals surface area contributed by atoms with Crippen LogP contribution in [0.25, 0.3) is 28.2 Å². The smallest absolute Gasteiger partial charge is 0.291 e. The molecule has 2 heterocycles. The van der Waals surface area contributed by atoms with E-state index < -0.39 is 11.2 Å². The fourth-order valence-electron chi connectivity index (χ4n) is 2.68. The maximum absolute atomic E-state index is 12.5. The quantitative estimate of drug-likeness (QED) is 0.481. The molecule has 0 aliphatic carbocycles. The van der Waals surface area contributed by atoms with Crippen LogP contribution in [-0.4, -0.2) is 19.1 Å². The standard InChI is InChI=1S/C17H10Cl2N4O2/c1-22-16(24)14-15(21-17(22)25)23(9-6-7-10(18)11(19)8-9)13-5-3-2-4-12(13)20-14/h2-8H,1H3. The monoisotopic (exact) mass is 372 g/mol. The molecule has 0 radical (unpaired) electrons. The molecule has 0 saturated carbocycles. The Labute approximate surface area is 151 Å². The molecule has 2 aliphatic rings. The van der Waals surface area contributed by atoms with Gasteiger partial charge in [-0.3, -0.25) is 13.9 Å².